The fraction of sp³-hybridized carbons (Fsp3) is 0.360. The van der Waals surface area contributed by atoms with Gasteiger partial charge in [0.05, 0.1) is 17.5 Å². The van der Waals surface area contributed by atoms with E-state index < -0.39 is 11.6 Å². The summed E-state index contributed by atoms with van der Waals surface area (Å²) in [4.78, 5) is 17.6. The number of benzene rings is 2. The average molecular weight is 522 g/mol. The molecular weight excluding hydrogens is 495 g/mol. The molecule has 3 heterocycles. The second-order valence-electron chi connectivity index (χ2n) is 8.73. The van der Waals surface area contributed by atoms with Crippen LogP contribution in [-0.2, 0) is 0 Å². The van der Waals surface area contributed by atoms with Crippen molar-refractivity contribution in [2.45, 2.75) is 18.8 Å². The highest BCUT2D eigenvalue weighted by Crippen LogP contribution is 2.32. The van der Waals surface area contributed by atoms with Gasteiger partial charge < -0.3 is 15.1 Å². The highest BCUT2D eigenvalue weighted by Gasteiger charge is 2.31. The van der Waals surface area contributed by atoms with Crippen molar-refractivity contribution in [3.8, 4) is 5.69 Å². The number of carbonyl (C=O) groups excluding carboxylic acids is 1. The summed E-state index contributed by atoms with van der Waals surface area (Å²) in [6, 6.07) is 11.1. The molecule has 3 aromatic rings. The first-order chi connectivity index (χ1) is 16.5. The lowest BCUT2D eigenvalue weighted by Gasteiger charge is -2.36. The predicted molar refractivity (Wildman–Crippen MR) is 135 cm³/mol. The van der Waals surface area contributed by atoms with Crippen LogP contribution in [0.4, 0.5) is 14.5 Å². The standard InChI is InChI=1S/C25H26ClF2N5O.ClH/c26-18-2-1-3-20(14-18)31-10-12-32(13-11-31)25(34)21-16-30-33(23-5-4-19(27)15-22(23)28)24(21)17-6-8-29-9-7-17;/h1-5,14-17,29H,6-13H2;1H. The van der Waals surface area contributed by atoms with E-state index in [2.05, 4.69) is 15.3 Å². The fourth-order valence-corrected chi connectivity index (χ4v) is 5.05. The van der Waals surface area contributed by atoms with Gasteiger partial charge in [-0.05, 0) is 56.3 Å². The van der Waals surface area contributed by atoms with Gasteiger partial charge in [-0.15, -0.1) is 12.4 Å². The van der Waals surface area contributed by atoms with Gasteiger partial charge in [-0.1, -0.05) is 17.7 Å². The first-order valence-corrected chi connectivity index (χ1v) is 11.9. The second-order valence-corrected chi connectivity index (χ2v) is 9.17. The maximum Gasteiger partial charge on any atom is 0.257 e. The summed E-state index contributed by atoms with van der Waals surface area (Å²) in [6.07, 6.45) is 3.17. The predicted octanol–water partition coefficient (Wildman–Crippen LogP) is 4.66. The Balaban J connectivity index is 0.00000289. The zero-order chi connectivity index (χ0) is 23.7. The minimum absolute atomic E-state index is 0. The highest BCUT2D eigenvalue weighted by atomic mass is 35.5. The molecule has 1 amide bonds. The van der Waals surface area contributed by atoms with Crippen molar-refractivity contribution in [3.63, 3.8) is 0 Å². The van der Waals surface area contributed by atoms with E-state index in [1.54, 1.807) is 0 Å². The number of carbonyl (C=O) groups is 1. The van der Waals surface area contributed by atoms with Crippen LogP contribution in [0.3, 0.4) is 0 Å². The highest BCUT2D eigenvalue weighted by molar-refractivity contribution is 6.30. The first-order valence-electron chi connectivity index (χ1n) is 11.5. The van der Waals surface area contributed by atoms with Crippen LogP contribution in [0.5, 0.6) is 0 Å². The van der Waals surface area contributed by atoms with E-state index in [4.69, 9.17) is 11.6 Å². The van der Waals surface area contributed by atoms with Crippen LogP contribution in [0.15, 0.2) is 48.7 Å². The lowest BCUT2D eigenvalue weighted by molar-refractivity contribution is 0.0744. The maximum atomic E-state index is 14.7. The van der Waals surface area contributed by atoms with E-state index in [0.717, 1.165) is 37.7 Å². The number of hydrogen-bond donors (Lipinski definition) is 1. The van der Waals surface area contributed by atoms with Crippen molar-refractivity contribution in [1.29, 1.82) is 0 Å². The molecule has 0 unspecified atom stereocenters. The van der Waals surface area contributed by atoms with Crippen LogP contribution in [0.2, 0.25) is 5.02 Å². The van der Waals surface area contributed by atoms with E-state index >= 15 is 0 Å². The van der Waals surface area contributed by atoms with Gasteiger partial charge in [-0.25, -0.2) is 13.5 Å². The Morgan fingerprint density at radius 1 is 1.03 bits per heavy atom. The van der Waals surface area contributed by atoms with Crippen molar-refractivity contribution in [1.82, 2.24) is 20.0 Å². The van der Waals surface area contributed by atoms with Crippen molar-refractivity contribution in [2.24, 2.45) is 0 Å². The van der Waals surface area contributed by atoms with E-state index in [-0.39, 0.29) is 29.9 Å². The van der Waals surface area contributed by atoms with Gasteiger partial charge in [0.2, 0.25) is 0 Å². The van der Waals surface area contributed by atoms with E-state index in [0.29, 0.717) is 42.5 Å². The third-order valence-electron chi connectivity index (χ3n) is 6.64. The molecule has 10 heteroatoms. The number of nitrogens with one attached hydrogen (secondary N) is 1. The normalized spacial score (nSPS) is 16.8. The van der Waals surface area contributed by atoms with Gasteiger partial charge in [0.1, 0.15) is 11.5 Å². The third-order valence-corrected chi connectivity index (χ3v) is 6.88. The van der Waals surface area contributed by atoms with Crippen molar-refractivity contribution >= 4 is 35.6 Å². The molecule has 0 atom stereocenters. The molecular formula is C25H27Cl2F2N5O. The van der Waals surface area contributed by atoms with E-state index in [9.17, 15) is 13.6 Å². The summed E-state index contributed by atoms with van der Waals surface area (Å²) in [5, 5.41) is 8.41. The molecule has 1 N–H and O–H groups in total. The maximum absolute atomic E-state index is 14.7. The zero-order valence-electron chi connectivity index (χ0n) is 19.1. The fourth-order valence-electron chi connectivity index (χ4n) is 4.87. The van der Waals surface area contributed by atoms with Gasteiger partial charge in [0, 0.05) is 48.9 Å². The largest absolute Gasteiger partial charge is 0.368 e. The quantitative estimate of drug-likeness (QED) is 0.542. The van der Waals surface area contributed by atoms with Gasteiger partial charge in [0.15, 0.2) is 5.82 Å². The van der Waals surface area contributed by atoms with Gasteiger partial charge >= 0.3 is 0 Å². The van der Waals surface area contributed by atoms with Gasteiger partial charge in [0.25, 0.3) is 5.91 Å². The Hall–Kier alpha value is -2.68. The monoisotopic (exact) mass is 521 g/mol. The molecule has 0 aliphatic carbocycles. The molecule has 0 radical (unpaired) electrons. The molecule has 2 aliphatic heterocycles. The molecule has 2 saturated heterocycles. The van der Waals surface area contributed by atoms with Crippen LogP contribution in [0.1, 0.15) is 34.8 Å². The van der Waals surface area contributed by atoms with Gasteiger partial charge in [-0.2, -0.15) is 5.10 Å². The Bertz CT molecular complexity index is 1190. The Kier molecular flexibility index (Phi) is 7.94. The summed E-state index contributed by atoms with van der Waals surface area (Å²) < 4.78 is 29.7. The van der Waals surface area contributed by atoms with Crippen LogP contribution in [0, 0.1) is 11.6 Å². The Labute approximate surface area is 214 Å². The molecule has 5 rings (SSSR count). The first kappa shape index (κ1) is 25.4. The lowest BCUT2D eigenvalue weighted by atomic mass is 9.91. The molecule has 35 heavy (non-hydrogen) atoms. The molecule has 2 fully saturated rings. The van der Waals surface area contributed by atoms with Crippen molar-refractivity contribution in [2.75, 3.05) is 44.2 Å². The molecule has 6 nitrogen and oxygen atoms in total. The van der Waals surface area contributed by atoms with Crippen molar-refractivity contribution < 1.29 is 13.6 Å². The summed E-state index contributed by atoms with van der Waals surface area (Å²) in [6.45, 7) is 4.13. The Morgan fingerprint density at radius 3 is 2.46 bits per heavy atom. The second kappa shape index (κ2) is 10.9. The Morgan fingerprint density at radius 2 is 1.77 bits per heavy atom. The minimum atomic E-state index is -0.701. The number of hydrogen-bond acceptors (Lipinski definition) is 4. The molecule has 0 bridgehead atoms. The third kappa shape index (κ3) is 5.29. The number of aromatic nitrogens is 2. The molecule has 2 aromatic carbocycles. The van der Waals surface area contributed by atoms with Crippen LogP contribution in [-0.4, -0.2) is 59.9 Å². The van der Waals surface area contributed by atoms with Gasteiger partial charge in [-0.3, -0.25) is 4.79 Å². The number of halogens is 4. The molecule has 1 aromatic heterocycles. The van der Waals surface area contributed by atoms with Crippen molar-refractivity contribution in [3.05, 3.63) is 76.6 Å². The number of rotatable bonds is 4. The smallest absolute Gasteiger partial charge is 0.257 e. The summed E-state index contributed by atoms with van der Waals surface area (Å²) in [7, 11) is 0. The van der Waals surface area contributed by atoms with Crippen LogP contribution >= 0.6 is 24.0 Å². The van der Waals surface area contributed by atoms with Crippen LogP contribution in [0.25, 0.3) is 5.69 Å². The number of nitrogens with zero attached hydrogens (tertiary/aromatic N) is 4. The van der Waals surface area contributed by atoms with E-state index in [1.807, 2.05) is 29.2 Å². The van der Waals surface area contributed by atoms with Crippen LogP contribution < -0.4 is 10.2 Å². The number of piperazine rings is 1. The molecule has 0 saturated carbocycles. The lowest BCUT2D eigenvalue weighted by Crippen LogP contribution is -2.49. The number of anilines is 1. The average Bonchev–Trinajstić information content (AvgIpc) is 3.29. The summed E-state index contributed by atoms with van der Waals surface area (Å²) in [5.41, 5.74) is 2.38. The van der Waals surface area contributed by atoms with E-state index in [1.165, 1.54) is 23.0 Å². The molecule has 186 valence electrons. The summed E-state index contributed by atoms with van der Waals surface area (Å²) >= 11 is 6.13. The minimum Gasteiger partial charge on any atom is -0.368 e. The SMILES string of the molecule is Cl.O=C(c1cnn(-c2ccc(F)cc2F)c1C1CCNCC1)N1CCN(c2cccc(Cl)c2)CC1. The molecule has 0 spiro atoms. The zero-order valence-corrected chi connectivity index (χ0v) is 20.7. The number of piperidine rings is 1. The number of amides is 1. The summed E-state index contributed by atoms with van der Waals surface area (Å²) in [5.74, 6) is -1.40. The molecule has 2 aliphatic rings. The topological polar surface area (TPSA) is 53.4 Å².